The summed E-state index contributed by atoms with van der Waals surface area (Å²) in [7, 11) is 1.97. The summed E-state index contributed by atoms with van der Waals surface area (Å²) in [4.78, 5) is 4.27. The molecule has 0 spiro atoms. The van der Waals surface area contributed by atoms with Crippen LogP contribution in [-0.2, 0) is 6.61 Å². The first-order valence-corrected chi connectivity index (χ1v) is 10.0. The third kappa shape index (κ3) is 5.26. The fourth-order valence-corrected chi connectivity index (χ4v) is 3.24. The van der Waals surface area contributed by atoms with Gasteiger partial charge in [0.2, 0.25) is 0 Å². The highest BCUT2D eigenvalue weighted by molar-refractivity contribution is 6.31. The Bertz CT molecular complexity index is 911. The summed E-state index contributed by atoms with van der Waals surface area (Å²) in [6.07, 6.45) is 9.65. The number of aliphatic imine (C=N–C) groups is 1. The maximum Gasteiger partial charge on any atom is 0.122 e. The molecule has 3 nitrogen and oxygen atoms in total. The Labute approximate surface area is 172 Å². The van der Waals surface area contributed by atoms with E-state index in [9.17, 15) is 0 Å². The molecule has 0 heterocycles. The molecule has 4 heteroatoms. The summed E-state index contributed by atoms with van der Waals surface area (Å²) in [6, 6.07) is 12.6. The lowest BCUT2D eigenvalue weighted by atomic mass is 10.0. The number of nitrogens with one attached hydrogen (secondary N) is 1. The lowest BCUT2D eigenvalue weighted by Gasteiger charge is -2.16. The van der Waals surface area contributed by atoms with Crippen LogP contribution in [0.5, 0.6) is 5.75 Å². The van der Waals surface area contributed by atoms with Crippen molar-refractivity contribution in [1.29, 1.82) is 0 Å². The van der Waals surface area contributed by atoms with E-state index in [0.717, 1.165) is 22.6 Å². The quantitative estimate of drug-likeness (QED) is 0.405. The predicted molar refractivity (Wildman–Crippen MR) is 120 cm³/mol. The molecule has 0 atom stereocenters. The van der Waals surface area contributed by atoms with Gasteiger partial charge in [-0.1, -0.05) is 29.8 Å². The first kappa shape index (κ1) is 20.2. The molecule has 0 saturated heterocycles. The highest BCUT2D eigenvalue weighted by atomic mass is 35.5. The highest BCUT2D eigenvalue weighted by Crippen LogP contribution is 2.43. The number of aryl methyl sites for hydroxylation is 1. The molecule has 146 valence electrons. The van der Waals surface area contributed by atoms with E-state index in [0.29, 0.717) is 17.6 Å². The van der Waals surface area contributed by atoms with Crippen molar-refractivity contribution in [3.05, 3.63) is 82.0 Å². The molecular formula is C24H27ClN2O. The minimum Gasteiger partial charge on any atom is -0.489 e. The Morgan fingerprint density at radius 2 is 2.11 bits per heavy atom. The van der Waals surface area contributed by atoms with E-state index in [1.165, 1.54) is 24.0 Å². The molecule has 1 saturated carbocycles. The molecule has 0 aliphatic heterocycles. The Kier molecular flexibility index (Phi) is 6.94. The van der Waals surface area contributed by atoms with Gasteiger partial charge in [-0.15, -0.1) is 0 Å². The van der Waals surface area contributed by atoms with Gasteiger partial charge in [-0.25, -0.2) is 0 Å². The number of allylic oxidation sites excluding steroid dienone is 3. The Morgan fingerprint density at radius 3 is 2.79 bits per heavy atom. The average Bonchev–Trinajstić information content (AvgIpc) is 3.55. The van der Waals surface area contributed by atoms with Gasteiger partial charge in [0.05, 0.1) is 0 Å². The zero-order valence-electron chi connectivity index (χ0n) is 16.7. The molecule has 2 aromatic carbocycles. The topological polar surface area (TPSA) is 33.6 Å². The monoisotopic (exact) mass is 394 g/mol. The van der Waals surface area contributed by atoms with Crippen molar-refractivity contribution in [3.63, 3.8) is 0 Å². The second-order valence-corrected chi connectivity index (χ2v) is 7.42. The van der Waals surface area contributed by atoms with Gasteiger partial charge in [0, 0.05) is 35.7 Å². The Hall–Kier alpha value is -2.52. The number of rotatable bonds is 8. The fraction of sp³-hybridized carbons (Fsp3) is 0.292. The third-order valence-corrected chi connectivity index (χ3v) is 5.23. The van der Waals surface area contributed by atoms with Crippen molar-refractivity contribution >= 4 is 23.5 Å². The summed E-state index contributed by atoms with van der Waals surface area (Å²) in [5.74, 6) is 1.59. The molecule has 1 N–H and O–H groups in total. The normalized spacial score (nSPS) is 14.8. The van der Waals surface area contributed by atoms with Crippen LogP contribution in [-0.4, -0.2) is 13.3 Å². The van der Waals surface area contributed by atoms with Crippen molar-refractivity contribution in [1.82, 2.24) is 0 Å². The van der Waals surface area contributed by atoms with Crippen LogP contribution < -0.4 is 10.1 Å². The minimum atomic E-state index is 0.571. The summed E-state index contributed by atoms with van der Waals surface area (Å²) in [5.41, 5.74) is 5.95. The van der Waals surface area contributed by atoms with Gasteiger partial charge in [0.15, 0.2) is 0 Å². The van der Waals surface area contributed by atoms with Crippen LogP contribution in [0.25, 0.3) is 0 Å². The lowest BCUT2D eigenvalue weighted by Crippen LogP contribution is -2.05. The molecule has 1 fully saturated rings. The SMILES string of the molecule is C/C=C(Cl)\C=C/N=Cc1ccc(OCc2c(NC)cccc2C2CC2)c(C)c1. The molecular weight excluding hydrogens is 368 g/mol. The summed E-state index contributed by atoms with van der Waals surface area (Å²) >= 11 is 5.91. The number of anilines is 1. The van der Waals surface area contributed by atoms with Gasteiger partial charge in [-0.05, 0) is 79.6 Å². The highest BCUT2D eigenvalue weighted by Gasteiger charge is 2.27. The van der Waals surface area contributed by atoms with Gasteiger partial charge >= 0.3 is 0 Å². The van der Waals surface area contributed by atoms with Gasteiger partial charge < -0.3 is 10.1 Å². The number of hydrogen-bond acceptors (Lipinski definition) is 3. The molecule has 0 aromatic heterocycles. The van der Waals surface area contributed by atoms with Gasteiger partial charge in [0.1, 0.15) is 12.4 Å². The second-order valence-electron chi connectivity index (χ2n) is 6.98. The van der Waals surface area contributed by atoms with Crippen LogP contribution in [0.4, 0.5) is 5.69 Å². The van der Waals surface area contributed by atoms with Crippen LogP contribution in [0.2, 0.25) is 0 Å². The van der Waals surface area contributed by atoms with Crippen molar-refractivity contribution in [2.75, 3.05) is 12.4 Å². The van der Waals surface area contributed by atoms with Crippen LogP contribution >= 0.6 is 11.6 Å². The van der Waals surface area contributed by atoms with Crippen molar-refractivity contribution in [3.8, 4) is 5.75 Å². The van der Waals surface area contributed by atoms with E-state index in [1.54, 1.807) is 12.3 Å². The van der Waals surface area contributed by atoms with Gasteiger partial charge in [0.25, 0.3) is 0 Å². The molecule has 2 aromatic rings. The minimum absolute atomic E-state index is 0.571. The Morgan fingerprint density at radius 1 is 1.29 bits per heavy atom. The maximum absolute atomic E-state index is 6.19. The summed E-state index contributed by atoms with van der Waals surface area (Å²) < 4.78 is 6.19. The van der Waals surface area contributed by atoms with Gasteiger partial charge in [-0.3, -0.25) is 4.99 Å². The van der Waals surface area contributed by atoms with Crippen LogP contribution in [0, 0.1) is 6.92 Å². The number of halogens is 1. The number of ether oxygens (including phenoxy) is 1. The molecule has 0 unspecified atom stereocenters. The van der Waals surface area contributed by atoms with Gasteiger partial charge in [-0.2, -0.15) is 0 Å². The summed E-state index contributed by atoms with van der Waals surface area (Å²) in [5, 5.41) is 3.97. The number of hydrogen-bond donors (Lipinski definition) is 1. The largest absolute Gasteiger partial charge is 0.489 e. The maximum atomic E-state index is 6.19. The van der Waals surface area contributed by atoms with Crippen LogP contribution in [0.15, 0.2) is 64.8 Å². The van der Waals surface area contributed by atoms with E-state index in [2.05, 4.69) is 41.5 Å². The second kappa shape index (κ2) is 9.61. The molecule has 0 bridgehead atoms. The summed E-state index contributed by atoms with van der Waals surface area (Å²) in [6.45, 7) is 4.52. The molecule has 1 aliphatic carbocycles. The number of benzene rings is 2. The standard InChI is InChI=1S/C24H27ClN2O/c1-4-20(25)12-13-27-15-18-8-11-24(17(2)14-18)28-16-22-21(19-9-10-19)6-5-7-23(22)26-3/h4-8,11-15,19,26H,9-10,16H2,1-3H3/b13-12-,20-4+,27-15?. The van der Waals surface area contributed by atoms with Crippen LogP contribution in [0.1, 0.15) is 47.9 Å². The molecule has 3 rings (SSSR count). The first-order valence-electron chi connectivity index (χ1n) is 9.67. The third-order valence-electron chi connectivity index (χ3n) is 4.89. The Balaban J connectivity index is 1.69. The zero-order valence-corrected chi connectivity index (χ0v) is 17.5. The predicted octanol–water partition coefficient (Wildman–Crippen LogP) is 6.57. The lowest BCUT2D eigenvalue weighted by molar-refractivity contribution is 0.303. The van der Waals surface area contributed by atoms with E-state index in [-0.39, 0.29) is 0 Å². The van der Waals surface area contributed by atoms with E-state index < -0.39 is 0 Å². The average molecular weight is 395 g/mol. The molecule has 0 amide bonds. The van der Waals surface area contributed by atoms with Crippen LogP contribution in [0.3, 0.4) is 0 Å². The fourth-order valence-electron chi connectivity index (χ4n) is 3.18. The van der Waals surface area contributed by atoms with E-state index in [4.69, 9.17) is 16.3 Å². The van der Waals surface area contributed by atoms with E-state index >= 15 is 0 Å². The first-order chi connectivity index (χ1) is 13.6. The van der Waals surface area contributed by atoms with E-state index in [1.807, 2.05) is 38.4 Å². The molecule has 1 aliphatic rings. The zero-order chi connectivity index (χ0) is 19.9. The van der Waals surface area contributed by atoms with Crippen molar-refractivity contribution < 1.29 is 4.74 Å². The molecule has 0 radical (unpaired) electrons. The number of nitrogens with zero attached hydrogens (tertiary/aromatic N) is 1. The molecule has 28 heavy (non-hydrogen) atoms. The van der Waals surface area contributed by atoms with Crippen molar-refractivity contribution in [2.45, 2.75) is 39.2 Å². The van der Waals surface area contributed by atoms with Crippen molar-refractivity contribution in [2.24, 2.45) is 4.99 Å². The smallest absolute Gasteiger partial charge is 0.122 e.